The summed E-state index contributed by atoms with van der Waals surface area (Å²) in [5, 5.41) is 9.99. The van der Waals surface area contributed by atoms with Crippen molar-refractivity contribution in [2.24, 2.45) is 0 Å². The van der Waals surface area contributed by atoms with Gasteiger partial charge in [0.25, 0.3) is 0 Å². The van der Waals surface area contributed by atoms with Gasteiger partial charge in [0.05, 0.1) is 16.3 Å². The number of benzene rings is 2. The van der Waals surface area contributed by atoms with Gasteiger partial charge in [-0.2, -0.15) is 0 Å². The number of thiazole rings is 1. The molecule has 4 heteroatoms. The monoisotopic (exact) mass is 323 g/mol. The highest BCUT2D eigenvalue weighted by Crippen LogP contribution is 2.29. The molecule has 0 saturated heterocycles. The summed E-state index contributed by atoms with van der Waals surface area (Å²) in [6.07, 6.45) is 0.719. The molecule has 3 rings (SSSR count). The van der Waals surface area contributed by atoms with Crippen molar-refractivity contribution in [1.82, 2.24) is 4.98 Å². The lowest BCUT2D eigenvalue weighted by Gasteiger charge is -2.00. The van der Waals surface area contributed by atoms with Crippen molar-refractivity contribution in [1.29, 1.82) is 0 Å². The zero-order chi connectivity index (χ0) is 16.4. The van der Waals surface area contributed by atoms with Crippen LogP contribution in [-0.2, 0) is 6.42 Å². The number of nitrogens with zero attached hydrogens (tertiary/aromatic N) is 1. The molecule has 116 valence electrons. The van der Waals surface area contributed by atoms with Gasteiger partial charge in [-0.15, -0.1) is 11.3 Å². The average Bonchev–Trinajstić information content (AvgIpc) is 2.88. The maximum Gasteiger partial charge on any atom is 0.335 e. The van der Waals surface area contributed by atoms with E-state index in [1.54, 1.807) is 23.5 Å². The molecule has 0 spiro atoms. The Morgan fingerprint density at radius 3 is 2.52 bits per heavy atom. The smallest absolute Gasteiger partial charge is 0.335 e. The van der Waals surface area contributed by atoms with Crippen LogP contribution in [0.5, 0.6) is 0 Å². The fourth-order valence-corrected chi connectivity index (χ4v) is 3.52. The number of hydrogen-bond donors (Lipinski definition) is 1. The van der Waals surface area contributed by atoms with E-state index in [1.165, 1.54) is 10.4 Å². The minimum Gasteiger partial charge on any atom is -0.478 e. The number of carboxylic acid groups (broad SMARTS) is 1. The van der Waals surface area contributed by atoms with Gasteiger partial charge in [0.2, 0.25) is 0 Å². The lowest BCUT2D eigenvalue weighted by Crippen LogP contribution is -1.96. The van der Waals surface area contributed by atoms with E-state index in [1.807, 2.05) is 18.2 Å². The molecule has 0 amide bonds. The van der Waals surface area contributed by atoms with Crippen LogP contribution in [0.4, 0.5) is 0 Å². The van der Waals surface area contributed by atoms with E-state index in [0.717, 1.165) is 28.2 Å². The van der Waals surface area contributed by atoms with Gasteiger partial charge in [0.1, 0.15) is 0 Å². The fourth-order valence-electron chi connectivity index (χ4n) is 2.53. The number of aryl methyl sites for hydroxylation is 2. The molecule has 23 heavy (non-hydrogen) atoms. The van der Waals surface area contributed by atoms with E-state index < -0.39 is 5.97 Å². The molecule has 3 nitrogen and oxygen atoms in total. The van der Waals surface area contributed by atoms with Gasteiger partial charge >= 0.3 is 5.97 Å². The second-order valence-electron chi connectivity index (χ2n) is 5.56. The molecule has 1 heterocycles. The highest BCUT2D eigenvalue weighted by Gasteiger charge is 2.11. The standard InChI is InChI=1S/C19H17NO2S/c1-12-4-3-5-16(10-12)18-13(2)23-17(20-18)11-14-6-8-15(9-7-14)19(21)22/h3-10H,11H2,1-2H3,(H,21,22). The third kappa shape index (κ3) is 3.48. The second kappa shape index (κ2) is 6.34. The Labute approximate surface area is 139 Å². The molecular formula is C19H17NO2S. The number of aromatic carboxylic acids is 1. The van der Waals surface area contributed by atoms with E-state index in [-0.39, 0.29) is 0 Å². The molecule has 0 saturated carbocycles. The Hall–Kier alpha value is -2.46. The summed E-state index contributed by atoms with van der Waals surface area (Å²) in [4.78, 5) is 16.9. The fraction of sp³-hybridized carbons (Fsp3) is 0.158. The predicted octanol–water partition coefficient (Wildman–Crippen LogP) is 4.72. The molecule has 1 N–H and O–H groups in total. The first-order valence-electron chi connectivity index (χ1n) is 7.38. The Kier molecular flexibility index (Phi) is 4.26. The molecule has 2 aromatic carbocycles. The van der Waals surface area contributed by atoms with Crippen molar-refractivity contribution in [2.75, 3.05) is 0 Å². The average molecular weight is 323 g/mol. The largest absolute Gasteiger partial charge is 0.478 e. The van der Waals surface area contributed by atoms with Crippen LogP contribution in [0.2, 0.25) is 0 Å². The van der Waals surface area contributed by atoms with Crippen molar-refractivity contribution in [3.8, 4) is 11.3 Å². The molecular weight excluding hydrogens is 306 g/mol. The molecule has 0 aliphatic rings. The van der Waals surface area contributed by atoms with Gasteiger partial charge < -0.3 is 5.11 Å². The zero-order valence-corrected chi connectivity index (χ0v) is 13.9. The predicted molar refractivity (Wildman–Crippen MR) is 93.2 cm³/mol. The molecule has 0 aliphatic heterocycles. The van der Waals surface area contributed by atoms with Gasteiger partial charge in [-0.3, -0.25) is 0 Å². The maximum atomic E-state index is 10.9. The first-order valence-corrected chi connectivity index (χ1v) is 8.20. The molecule has 3 aromatic rings. The van der Waals surface area contributed by atoms with Crippen LogP contribution in [0.1, 0.15) is 31.4 Å². The number of carboxylic acids is 1. The number of carbonyl (C=O) groups is 1. The first kappa shape index (κ1) is 15.4. The molecule has 0 radical (unpaired) electrons. The Morgan fingerprint density at radius 2 is 1.87 bits per heavy atom. The van der Waals surface area contributed by atoms with Crippen LogP contribution >= 0.6 is 11.3 Å². The second-order valence-corrected chi connectivity index (χ2v) is 6.85. The van der Waals surface area contributed by atoms with Crippen molar-refractivity contribution >= 4 is 17.3 Å². The Bertz CT molecular complexity index is 850. The lowest BCUT2D eigenvalue weighted by molar-refractivity contribution is 0.0697. The van der Waals surface area contributed by atoms with Crippen LogP contribution in [-0.4, -0.2) is 16.1 Å². The molecule has 0 aliphatic carbocycles. The molecule has 0 unspecified atom stereocenters. The van der Waals surface area contributed by atoms with Gasteiger partial charge in [0, 0.05) is 16.9 Å². The summed E-state index contributed by atoms with van der Waals surface area (Å²) in [5.74, 6) is -0.900. The summed E-state index contributed by atoms with van der Waals surface area (Å²) in [6, 6.07) is 15.3. The highest BCUT2D eigenvalue weighted by molar-refractivity contribution is 7.12. The van der Waals surface area contributed by atoms with E-state index in [4.69, 9.17) is 10.1 Å². The Balaban J connectivity index is 1.85. The van der Waals surface area contributed by atoms with Crippen molar-refractivity contribution in [3.05, 3.63) is 75.1 Å². The van der Waals surface area contributed by atoms with E-state index >= 15 is 0 Å². The van der Waals surface area contributed by atoms with Crippen LogP contribution in [0.15, 0.2) is 48.5 Å². The quantitative estimate of drug-likeness (QED) is 0.756. The van der Waals surface area contributed by atoms with E-state index in [2.05, 4.69) is 32.0 Å². The first-order chi connectivity index (χ1) is 11.0. The van der Waals surface area contributed by atoms with Gasteiger partial charge in [-0.05, 0) is 37.6 Å². The van der Waals surface area contributed by atoms with E-state index in [0.29, 0.717) is 5.56 Å². The van der Waals surface area contributed by atoms with Crippen LogP contribution in [0.25, 0.3) is 11.3 Å². The van der Waals surface area contributed by atoms with Crippen LogP contribution in [0, 0.1) is 13.8 Å². The van der Waals surface area contributed by atoms with Crippen LogP contribution in [0.3, 0.4) is 0 Å². The molecule has 0 fully saturated rings. The third-order valence-electron chi connectivity index (χ3n) is 3.69. The minimum absolute atomic E-state index is 0.310. The molecule has 1 aromatic heterocycles. The summed E-state index contributed by atoms with van der Waals surface area (Å²) in [5.41, 5.74) is 4.78. The van der Waals surface area contributed by atoms with Gasteiger partial charge in [-0.25, -0.2) is 9.78 Å². The summed E-state index contributed by atoms with van der Waals surface area (Å²) < 4.78 is 0. The van der Waals surface area contributed by atoms with Crippen LogP contribution < -0.4 is 0 Å². The molecule has 0 atom stereocenters. The highest BCUT2D eigenvalue weighted by atomic mass is 32.1. The number of aromatic nitrogens is 1. The van der Waals surface area contributed by atoms with Gasteiger partial charge in [-0.1, -0.05) is 35.9 Å². The number of hydrogen-bond acceptors (Lipinski definition) is 3. The summed E-state index contributed by atoms with van der Waals surface area (Å²) in [6.45, 7) is 4.17. The molecule has 0 bridgehead atoms. The SMILES string of the molecule is Cc1cccc(-c2nc(Cc3ccc(C(=O)O)cc3)sc2C)c1. The summed E-state index contributed by atoms with van der Waals surface area (Å²) in [7, 11) is 0. The Morgan fingerprint density at radius 1 is 1.13 bits per heavy atom. The minimum atomic E-state index is -0.900. The van der Waals surface area contributed by atoms with Crippen molar-refractivity contribution in [2.45, 2.75) is 20.3 Å². The maximum absolute atomic E-state index is 10.9. The lowest BCUT2D eigenvalue weighted by atomic mass is 10.1. The zero-order valence-electron chi connectivity index (χ0n) is 13.0. The summed E-state index contributed by atoms with van der Waals surface area (Å²) >= 11 is 1.69. The topological polar surface area (TPSA) is 50.2 Å². The third-order valence-corrected chi connectivity index (χ3v) is 4.66. The van der Waals surface area contributed by atoms with Gasteiger partial charge in [0.15, 0.2) is 0 Å². The number of rotatable bonds is 4. The van der Waals surface area contributed by atoms with Crippen molar-refractivity contribution < 1.29 is 9.90 Å². The normalized spacial score (nSPS) is 10.7. The van der Waals surface area contributed by atoms with Crippen molar-refractivity contribution in [3.63, 3.8) is 0 Å². The van der Waals surface area contributed by atoms with E-state index in [9.17, 15) is 4.79 Å².